The first-order valence-corrected chi connectivity index (χ1v) is 21.3. The molecule has 7 rings (SSSR count). The Morgan fingerprint density at radius 1 is 0.672 bits per heavy atom. The molecule has 0 bridgehead atoms. The monoisotopic (exact) mass is 830 g/mol. The number of ether oxygens (including phenoxy) is 2. The van der Waals surface area contributed by atoms with Crippen LogP contribution in [0.4, 0.5) is 9.59 Å². The van der Waals surface area contributed by atoms with Crippen LogP contribution in [0.5, 0.6) is 0 Å². The molecule has 0 spiro atoms. The normalized spacial score (nSPS) is 20.0. The third-order valence-corrected chi connectivity index (χ3v) is 12.3. The molecule has 2 aromatic heterocycles. The molecule has 2 aliphatic heterocycles. The van der Waals surface area contributed by atoms with Gasteiger partial charge in [-0.25, -0.2) is 19.6 Å². The molecule has 4 amide bonds. The Morgan fingerprint density at radius 2 is 1.13 bits per heavy atom. The molecule has 4 N–H and O–H groups in total. The maximum atomic E-state index is 13.9. The summed E-state index contributed by atoms with van der Waals surface area (Å²) in [6.07, 6.45) is 4.91. The molecule has 1 unspecified atom stereocenters. The highest BCUT2D eigenvalue weighted by Crippen LogP contribution is 2.39. The van der Waals surface area contributed by atoms with Crippen LogP contribution >= 0.6 is 0 Å². The Kier molecular flexibility index (Phi) is 12.8. The van der Waals surface area contributed by atoms with Crippen LogP contribution in [-0.4, -0.2) is 93.1 Å². The van der Waals surface area contributed by atoms with Crippen molar-refractivity contribution in [1.82, 2.24) is 40.4 Å². The molecular weight excluding hydrogens is 773 g/mol. The van der Waals surface area contributed by atoms with E-state index < -0.39 is 24.3 Å². The van der Waals surface area contributed by atoms with Crippen LogP contribution in [0.2, 0.25) is 0 Å². The molecule has 5 aromatic rings. The van der Waals surface area contributed by atoms with E-state index in [0.29, 0.717) is 19.0 Å². The Balaban J connectivity index is 1.05. The highest BCUT2D eigenvalue weighted by molar-refractivity contribution is 5.91. The zero-order valence-electron chi connectivity index (χ0n) is 36.3. The number of carbonyl (C=O) groups is 4. The van der Waals surface area contributed by atoms with Gasteiger partial charge in [0.1, 0.15) is 23.7 Å². The first kappa shape index (κ1) is 42.9. The van der Waals surface area contributed by atoms with E-state index >= 15 is 0 Å². The van der Waals surface area contributed by atoms with Crippen molar-refractivity contribution in [3.05, 3.63) is 84.7 Å². The summed E-state index contributed by atoms with van der Waals surface area (Å²) in [4.78, 5) is 71.9. The summed E-state index contributed by atoms with van der Waals surface area (Å²) in [5, 5.41) is 7.64. The number of hydrogen-bond donors (Lipinski definition) is 4. The van der Waals surface area contributed by atoms with Gasteiger partial charge in [0.2, 0.25) is 11.8 Å². The van der Waals surface area contributed by atoms with Gasteiger partial charge in [0.15, 0.2) is 0 Å². The van der Waals surface area contributed by atoms with Crippen molar-refractivity contribution in [2.24, 2.45) is 23.7 Å². The Hall–Kier alpha value is -6.18. The molecular formula is C47H58N8O6. The van der Waals surface area contributed by atoms with Crippen LogP contribution in [0.15, 0.2) is 73.1 Å². The molecule has 2 fully saturated rings. The second-order valence-corrected chi connectivity index (χ2v) is 17.3. The minimum absolute atomic E-state index is 0.114. The fraction of sp³-hybridized carbons (Fsp3) is 0.447. The van der Waals surface area contributed by atoms with Crippen molar-refractivity contribution in [2.45, 2.75) is 85.0 Å². The van der Waals surface area contributed by atoms with E-state index in [1.807, 2.05) is 49.9 Å². The van der Waals surface area contributed by atoms with Crippen molar-refractivity contribution in [2.75, 3.05) is 27.3 Å². The minimum Gasteiger partial charge on any atom is -0.453 e. The van der Waals surface area contributed by atoms with Gasteiger partial charge >= 0.3 is 12.2 Å². The summed E-state index contributed by atoms with van der Waals surface area (Å²) in [5.74, 6) is 1.57. The van der Waals surface area contributed by atoms with Crippen LogP contribution < -0.4 is 10.6 Å². The van der Waals surface area contributed by atoms with Crippen molar-refractivity contribution >= 4 is 34.8 Å². The lowest BCUT2D eigenvalue weighted by Crippen LogP contribution is -2.51. The fourth-order valence-corrected chi connectivity index (χ4v) is 8.77. The number of hydrogen-bond acceptors (Lipinski definition) is 8. The summed E-state index contributed by atoms with van der Waals surface area (Å²) in [7, 11) is 2.59. The van der Waals surface area contributed by atoms with E-state index in [1.54, 1.807) is 0 Å². The third-order valence-electron chi connectivity index (χ3n) is 12.3. The van der Waals surface area contributed by atoms with E-state index in [9.17, 15) is 19.2 Å². The van der Waals surface area contributed by atoms with Gasteiger partial charge in [0.05, 0.1) is 50.1 Å². The van der Waals surface area contributed by atoms with Gasteiger partial charge in [-0.3, -0.25) is 9.59 Å². The number of aromatic nitrogens is 4. The summed E-state index contributed by atoms with van der Waals surface area (Å²) in [5.41, 5.74) is 5.88. The maximum Gasteiger partial charge on any atom is 0.407 e. The minimum atomic E-state index is -0.700. The average Bonchev–Trinajstić information content (AvgIpc) is 4.10. The Bertz CT molecular complexity index is 2370. The first-order chi connectivity index (χ1) is 29.3. The predicted molar refractivity (Wildman–Crippen MR) is 234 cm³/mol. The number of H-pyrrole nitrogens is 2. The smallest absolute Gasteiger partial charge is 0.407 e. The van der Waals surface area contributed by atoms with Crippen LogP contribution in [0, 0.1) is 23.7 Å². The van der Waals surface area contributed by atoms with Gasteiger partial charge in [-0.05, 0) is 76.1 Å². The molecule has 0 aliphatic carbocycles. The summed E-state index contributed by atoms with van der Waals surface area (Å²) in [6.45, 7) is 13.1. The molecule has 0 radical (unpaired) electrons. The average molecular weight is 831 g/mol. The fourth-order valence-electron chi connectivity index (χ4n) is 8.77. The van der Waals surface area contributed by atoms with Crippen LogP contribution in [0.25, 0.3) is 44.4 Å². The maximum absolute atomic E-state index is 13.9. The van der Waals surface area contributed by atoms with Crippen molar-refractivity contribution in [1.29, 1.82) is 0 Å². The molecule has 0 saturated carbocycles. The largest absolute Gasteiger partial charge is 0.453 e. The zero-order chi connectivity index (χ0) is 43.5. The molecule has 2 saturated heterocycles. The lowest BCUT2D eigenvalue weighted by Gasteiger charge is -2.30. The van der Waals surface area contributed by atoms with E-state index in [-0.39, 0.29) is 41.7 Å². The number of fused-ring (bicyclic) bond motifs is 1. The lowest BCUT2D eigenvalue weighted by molar-refractivity contribution is -0.136. The van der Waals surface area contributed by atoms with E-state index in [1.165, 1.54) is 14.2 Å². The van der Waals surface area contributed by atoms with Crippen molar-refractivity contribution in [3.8, 4) is 33.6 Å². The van der Waals surface area contributed by atoms with E-state index in [0.717, 1.165) is 75.3 Å². The molecule has 4 heterocycles. The molecule has 322 valence electrons. The standard InChI is InChI=1S/C47H58N8O6/c1-9-29-19-39(55(25-29)45(57)41(27(4)5)53-47(59)61-8)43-49-23-37(51-43)35-17-16-33-20-32(14-15-34(33)21-35)30-10-12-31(13-11-30)36-22-48-42(50-36)38-18-28(6)24-54(38)44(56)40(26(2)3)52-46(58)60-7/h10-17,20-23,26-29,38-41H,9,18-19,24-25H2,1-8H3,(H,48,50)(H,49,51)(H,52,58)(H,53,59)/t28-,29-,38+,39+,40?,41+/m1/s1. The van der Waals surface area contributed by atoms with Crippen LogP contribution in [-0.2, 0) is 19.1 Å². The van der Waals surface area contributed by atoms with Gasteiger partial charge in [0, 0.05) is 18.7 Å². The number of nitrogens with one attached hydrogen (secondary N) is 4. The number of benzene rings is 3. The number of nitrogens with zero attached hydrogens (tertiary/aromatic N) is 4. The van der Waals surface area contributed by atoms with Gasteiger partial charge in [0.25, 0.3) is 0 Å². The molecule has 61 heavy (non-hydrogen) atoms. The Labute approximate surface area is 357 Å². The molecule has 14 nitrogen and oxygen atoms in total. The predicted octanol–water partition coefficient (Wildman–Crippen LogP) is 8.26. The second kappa shape index (κ2) is 18.2. The highest BCUT2D eigenvalue weighted by atomic mass is 16.5. The summed E-state index contributed by atoms with van der Waals surface area (Å²) in [6, 6.07) is 19.3. The van der Waals surface area contributed by atoms with Gasteiger partial charge < -0.3 is 39.9 Å². The van der Waals surface area contributed by atoms with E-state index in [4.69, 9.17) is 19.4 Å². The second-order valence-electron chi connectivity index (χ2n) is 17.3. The van der Waals surface area contributed by atoms with Crippen LogP contribution in [0.3, 0.4) is 0 Å². The molecule has 14 heteroatoms. The summed E-state index contributed by atoms with van der Waals surface area (Å²) < 4.78 is 9.60. The number of likely N-dealkylation sites (tertiary alicyclic amines) is 2. The SMILES string of the molecule is CC[C@@H]1C[C@@H](c2ncc(-c3ccc4cc(-c5ccc(-c6cnc([C@@H]7C[C@@H](C)CN7C(=O)C(NC(=O)OC)C(C)C)[nH]6)cc5)ccc4c3)[nH]2)N(C(=O)[C@@H](NC(=O)OC)C(C)C)C1. The number of imidazole rings is 2. The quantitative estimate of drug-likeness (QED) is 0.0972. The van der Waals surface area contributed by atoms with E-state index in [2.05, 4.69) is 95.1 Å². The van der Waals surface area contributed by atoms with Gasteiger partial charge in [-0.1, -0.05) is 96.5 Å². The topological polar surface area (TPSA) is 175 Å². The number of methoxy groups -OCH3 is 2. The summed E-state index contributed by atoms with van der Waals surface area (Å²) >= 11 is 0. The van der Waals surface area contributed by atoms with Crippen LogP contribution in [0.1, 0.15) is 84.5 Å². The number of aromatic amines is 2. The number of amides is 4. The third kappa shape index (κ3) is 9.13. The molecule has 2 aliphatic rings. The highest BCUT2D eigenvalue weighted by Gasteiger charge is 2.42. The van der Waals surface area contributed by atoms with Crippen molar-refractivity contribution in [3.63, 3.8) is 0 Å². The van der Waals surface area contributed by atoms with Crippen molar-refractivity contribution < 1.29 is 28.7 Å². The zero-order valence-corrected chi connectivity index (χ0v) is 36.3. The first-order valence-electron chi connectivity index (χ1n) is 21.3. The number of rotatable bonds is 12. The Morgan fingerprint density at radius 3 is 1.66 bits per heavy atom. The molecule has 3 aromatic carbocycles. The van der Waals surface area contributed by atoms with Gasteiger partial charge in [-0.15, -0.1) is 0 Å². The van der Waals surface area contributed by atoms with Gasteiger partial charge in [-0.2, -0.15) is 0 Å². The molecule has 6 atom stereocenters. The number of alkyl carbamates (subject to hydrolysis) is 2. The lowest BCUT2D eigenvalue weighted by atomic mass is 9.98. The number of carbonyl (C=O) groups excluding carboxylic acids is 4.